The van der Waals surface area contributed by atoms with Crippen molar-refractivity contribution in [3.05, 3.63) is 24.0 Å². The number of aromatic nitrogens is 2. The minimum atomic E-state index is 0.0230. The van der Waals surface area contributed by atoms with Gasteiger partial charge in [0.05, 0.1) is 12.2 Å². The summed E-state index contributed by atoms with van der Waals surface area (Å²) in [5, 5.41) is 13.7. The van der Waals surface area contributed by atoms with Gasteiger partial charge in [0.1, 0.15) is 0 Å². The van der Waals surface area contributed by atoms with Gasteiger partial charge in [-0.05, 0) is 25.5 Å². The highest BCUT2D eigenvalue weighted by Crippen LogP contribution is 1.94. The maximum Gasteiger partial charge on any atom is 0.234 e. The molecule has 0 bridgehead atoms. The third-order valence-electron chi connectivity index (χ3n) is 2.35. The van der Waals surface area contributed by atoms with Crippen molar-refractivity contribution < 1.29 is 4.79 Å². The molecule has 0 spiro atoms. The van der Waals surface area contributed by atoms with Gasteiger partial charge in [-0.1, -0.05) is 13.3 Å². The van der Waals surface area contributed by atoms with Crippen LogP contribution in [0.4, 0.5) is 0 Å². The average Bonchev–Trinajstić information content (AvgIpc) is 2.30. The summed E-state index contributed by atoms with van der Waals surface area (Å²) in [6, 6.07) is 3.94. The number of nitrogens with zero attached hydrogens (tertiary/aromatic N) is 2. The molecule has 0 radical (unpaired) electrons. The summed E-state index contributed by atoms with van der Waals surface area (Å²) in [6.07, 6.45) is 3.72. The normalized spacial score (nSPS) is 12.1. The van der Waals surface area contributed by atoms with E-state index in [2.05, 4.69) is 27.8 Å². The van der Waals surface area contributed by atoms with Gasteiger partial charge in [0.15, 0.2) is 0 Å². The third-order valence-corrected chi connectivity index (χ3v) is 2.35. The summed E-state index contributed by atoms with van der Waals surface area (Å²) in [5.41, 5.74) is 0.835. The fourth-order valence-electron chi connectivity index (χ4n) is 1.56. The largest absolute Gasteiger partial charge is 0.353 e. The summed E-state index contributed by atoms with van der Waals surface area (Å²) >= 11 is 0. The van der Waals surface area contributed by atoms with Crippen molar-refractivity contribution in [2.24, 2.45) is 0 Å². The van der Waals surface area contributed by atoms with Gasteiger partial charge >= 0.3 is 0 Å². The molecule has 1 aromatic rings. The Morgan fingerprint density at radius 1 is 1.53 bits per heavy atom. The lowest BCUT2D eigenvalue weighted by Gasteiger charge is -2.12. The van der Waals surface area contributed by atoms with E-state index in [0.717, 1.165) is 18.5 Å². The number of amides is 1. The van der Waals surface area contributed by atoms with Crippen LogP contribution in [0, 0.1) is 0 Å². The lowest BCUT2D eigenvalue weighted by molar-refractivity contribution is -0.120. The molecular formula is C12H20N4O. The summed E-state index contributed by atoms with van der Waals surface area (Å²) in [4.78, 5) is 11.5. The molecule has 1 unspecified atom stereocenters. The van der Waals surface area contributed by atoms with E-state index in [0.29, 0.717) is 13.1 Å². The predicted octanol–water partition coefficient (Wildman–Crippen LogP) is 0.871. The first-order chi connectivity index (χ1) is 8.22. The summed E-state index contributed by atoms with van der Waals surface area (Å²) in [6.45, 7) is 4.99. The predicted molar refractivity (Wildman–Crippen MR) is 66.3 cm³/mol. The van der Waals surface area contributed by atoms with Gasteiger partial charge in [0.25, 0.3) is 0 Å². The first kappa shape index (κ1) is 13.6. The first-order valence-corrected chi connectivity index (χ1v) is 5.99. The molecule has 5 nitrogen and oxygen atoms in total. The van der Waals surface area contributed by atoms with Crippen LogP contribution in [0.3, 0.4) is 0 Å². The van der Waals surface area contributed by atoms with Gasteiger partial charge in [0, 0.05) is 18.8 Å². The highest BCUT2D eigenvalue weighted by Gasteiger charge is 2.05. The highest BCUT2D eigenvalue weighted by molar-refractivity contribution is 5.78. The monoisotopic (exact) mass is 236 g/mol. The number of hydrogen-bond donors (Lipinski definition) is 2. The minimum Gasteiger partial charge on any atom is -0.353 e. The van der Waals surface area contributed by atoms with E-state index in [9.17, 15) is 4.79 Å². The number of carbonyl (C=O) groups is 1. The quantitative estimate of drug-likeness (QED) is 0.737. The second-order valence-electron chi connectivity index (χ2n) is 4.08. The van der Waals surface area contributed by atoms with E-state index in [-0.39, 0.29) is 11.9 Å². The average molecular weight is 236 g/mol. The Morgan fingerprint density at radius 3 is 3.00 bits per heavy atom. The molecular weight excluding hydrogens is 216 g/mol. The second kappa shape index (κ2) is 7.73. The summed E-state index contributed by atoms with van der Waals surface area (Å²) in [5.74, 6) is 0.0230. The third kappa shape index (κ3) is 5.97. The molecule has 0 fully saturated rings. The van der Waals surface area contributed by atoms with Crippen molar-refractivity contribution in [1.82, 2.24) is 20.8 Å². The van der Waals surface area contributed by atoms with Crippen LogP contribution in [0.15, 0.2) is 18.3 Å². The van der Waals surface area contributed by atoms with E-state index >= 15 is 0 Å². The molecule has 5 heteroatoms. The number of rotatable bonds is 7. The lowest BCUT2D eigenvalue weighted by atomic mass is 10.2. The zero-order valence-electron chi connectivity index (χ0n) is 10.4. The molecule has 2 N–H and O–H groups in total. The zero-order valence-corrected chi connectivity index (χ0v) is 10.4. The standard InChI is InChI=1S/C12H20N4O/c1-3-5-10(2)15-12(17)9-13-8-11-6-4-7-14-16-11/h4,6-7,10,13H,3,5,8-9H2,1-2H3,(H,15,17). The lowest BCUT2D eigenvalue weighted by Crippen LogP contribution is -2.38. The van der Waals surface area contributed by atoms with Crippen LogP contribution in [0.2, 0.25) is 0 Å². The first-order valence-electron chi connectivity index (χ1n) is 5.99. The van der Waals surface area contributed by atoms with Crippen LogP contribution in [-0.4, -0.2) is 28.7 Å². The molecule has 0 saturated carbocycles. The van der Waals surface area contributed by atoms with Crippen molar-refractivity contribution >= 4 is 5.91 Å². The maximum absolute atomic E-state index is 11.5. The van der Waals surface area contributed by atoms with Gasteiger partial charge in [-0.2, -0.15) is 10.2 Å². The van der Waals surface area contributed by atoms with Crippen LogP contribution in [-0.2, 0) is 11.3 Å². The minimum absolute atomic E-state index is 0.0230. The van der Waals surface area contributed by atoms with E-state index in [4.69, 9.17) is 0 Å². The van der Waals surface area contributed by atoms with Gasteiger partial charge < -0.3 is 10.6 Å². The SMILES string of the molecule is CCCC(C)NC(=O)CNCc1cccnn1. The Morgan fingerprint density at radius 2 is 2.35 bits per heavy atom. The van der Waals surface area contributed by atoms with E-state index in [1.807, 2.05) is 19.1 Å². The van der Waals surface area contributed by atoms with E-state index in [1.54, 1.807) is 6.20 Å². The van der Waals surface area contributed by atoms with Crippen molar-refractivity contribution in [3.8, 4) is 0 Å². The highest BCUT2D eigenvalue weighted by atomic mass is 16.1. The van der Waals surface area contributed by atoms with Crippen LogP contribution >= 0.6 is 0 Å². The molecule has 1 atom stereocenters. The van der Waals surface area contributed by atoms with Crippen LogP contribution < -0.4 is 10.6 Å². The fraction of sp³-hybridized carbons (Fsp3) is 0.583. The molecule has 0 saturated heterocycles. The molecule has 1 aromatic heterocycles. The van der Waals surface area contributed by atoms with E-state index in [1.165, 1.54) is 0 Å². The van der Waals surface area contributed by atoms with Crippen molar-refractivity contribution in [2.75, 3.05) is 6.54 Å². The smallest absolute Gasteiger partial charge is 0.234 e. The maximum atomic E-state index is 11.5. The Bertz CT molecular complexity index is 329. The molecule has 1 amide bonds. The Hall–Kier alpha value is -1.49. The van der Waals surface area contributed by atoms with Gasteiger partial charge in [-0.15, -0.1) is 0 Å². The topological polar surface area (TPSA) is 66.9 Å². The Balaban J connectivity index is 2.16. The van der Waals surface area contributed by atoms with Crippen LogP contribution in [0.1, 0.15) is 32.4 Å². The number of nitrogens with one attached hydrogen (secondary N) is 2. The van der Waals surface area contributed by atoms with Gasteiger partial charge in [-0.3, -0.25) is 4.79 Å². The molecule has 0 aromatic carbocycles. The van der Waals surface area contributed by atoms with Gasteiger partial charge in [-0.25, -0.2) is 0 Å². The molecule has 0 aliphatic carbocycles. The molecule has 94 valence electrons. The van der Waals surface area contributed by atoms with Gasteiger partial charge in [0.2, 0.25) is 5.91 Å². The molecule has 17 heavy (non-hydrogen) atoms. The molecule has 1 rings (SSSR count). The molecule has 1 heterocycles. The molecule has 0 aliphatic heterocycles. The van der Waals surface area contributed by atoms with Crippen molar-refractivity contribution in [1.29, 1.82) is 0 Å². The number of hydrogen-bond acceptors (Lipinski definition) is 4. The van der Waals surface area contributed by atoms with Crippen molar-refractivity contribution in [3.63, 3.8) is 0 Å². The summed E-state index contributed by atoms with van der Waals surface area (Å²) < 4.78 is 0. The summed E-state index contributed by atoms with van der Waals surface area (Å²) in [7, 11) is 0. The Labute approximate surface area is 102 Å². The Kier molecular flexibility index (Phi) is 6.17. The zero-order chi connectivity index (χ0) is 12.5. The molecule has 0 aliphatic rings. The van der Waals surface area contributed by atoms with Crippen LogP contribution in [0.5, 0.6) is 0 Å². The second-order valence-corrected chi connectivity index (χ2v) is 4.08. The van der Waals surface area contributed by atoms with E-state index < -0.39 is 0 Å². The van der Waals surface area contributed by atoms with Crippen molar-refractivity contribution in [2.45, 2.75) is 39.3 Å². The fourth-order valence-corrected chi connectivity index (χ4v) is 1.56. The van der Waals surface area contributed by atoms with Crippen LogP contribution in [0.25, 0.3) is 0 Å². The number of carbonyl (C=O) groups excluding carboxylic acids is 1.